The van der Waals surface area contributed by atoms with E-state index in [1.165, 1.54) is 4.57 Å². The first-order valence-corrected chi connectivity index (χ1v) is 8.25. The number of nitrogens with one attached hydrogen (secondary N) is 1. The van der Waals surface area contributed by atoms with Gasteiger partial charge < -0.3 is 30.5 Å². The van der Waals surface area contributed by atoms with E-state index in [1.807, 2.05) is 0 Å². The Labute approximate surface area is 127 Å². The number of hydrogen-bond donors (Lipinski definition) is 6. The number of nitrogen functional groups attached to an aromatic ring is 1. The Morgan fingerprint density at radius 1 is 1.39 bits per heavy atom. The highest BCUT2D eigenvalue weighted by molar-refractivity contribution is 7.51. The SMILES string of the molecule is Nc1nc2c(ncn2[C@@H]2O[C@H](CP(=O)(O)O)[C@@H](O)[C@@H]2O)c(=O)[nH]1. The van der Waals surface area contributed by atoms with Crippen LogP contribution in [-0.2, 0) is 9.30 Å². The van der Waals surface area contributed by atoms with Crippen LogP contribution in [0.2, 0.25) is 0 Å². The lowest BCUT2D eigenvalue weighted by molar-refractivity contribution is -0.0299. The number of ether oxygens (including phenoxy) is 1. The van der Waals surface area contributed by atoms with Crippen LogP contribution in [0.3, 0.4) is 0 Å². The van der Waals surface area contributed by atoms with E-state index in [9.17, 15) is 19.6 Å². The molecule has 13 heteroatoms. The smallest absolute Gasteiger partial charge is 0.328 e. The van der Waals surface area contributed by atoms with Crippen molar-refractivity contribution in [3.05, 3.63) is 16.7 Å². The van der Waals surface area contributed by atoms with Crippen LogP contribution in [0.15, 0.2) is 11.1 Å². The molecule has 1 fully saturated rings. The van der Waals surface area contributed by atoms with Crippen molar-refractivity contribution in [1.29, 1.82) is 0 Å². The molecule has 7 N–H and O–H groups in total. The largest absolute Gasteiger partial charge is 0.387 e. The van der Waals surface area contributed by atoms with Gasteiger partial charge in [0.05, 0.1) is 12.5 Å². The Morgan fingerprint density at radius 2 is 2.09 bits per heavy atom. The zero-order chi connectivity index (χ0) is 16.9. The number of aromatic nitrogens is 4. The number of aromatic amines is 1. The van der Waals surface area contributed by atoms with E-state index in [0.717, 1.165) is 6.33 Å². The van der Waals surface area contributed by atoms with Crippen LogP contribution in [-0.4, -0.2) is 64.0 Å². The molecule has 3 rings (SSSR count). The van der Waals surface area contributed by atoms with Gasteiger partial charge in [0.1, 0.15) is 18.3 Å². The average Bonchev–Trinajstić information content (AvgIpc) is 2.94. The standard InChI is InChI=1S/C10H14N5O7P/c11-10-13-7-4(8(18)14-10)12-2-15(7)9-6(17)5(16)3(22-9)1-23(19,20)21/h2-3,5-6,9,16-17H,1H2,(H2,19,20,21)(H3,11,13,14,18)/t3-,5-,6+,9-/m1/s1. The maximum atomic E-state index is 11.7. The minimum Gasteiger partial charge on any atom is -0.387 e. The molecule has 2 aromatic rings. The Hall–Kier alpha value is -1.82. The molecule has 4 atom stereocenters. The predicted octanol–water partition coefficient (Wildman–Crippen LogP) is -2.50. The van der Waals surface area contributed by atoms with Gasteiger partial charge in [0.15, 0.2) is 17.4 Å². The van der Waals surface area contributed by atoms with Crippen molar-refractivity contribution in [1.82, 2.24) is 19.5 Å². The van der Waals surface area contributed by atoms with Gasteiger partial charge in [-0.25, -0.2) is 4.98 Å². The van der Waals surface area contributed by atoms with Crippen molar-refractivity contribution in [3.8, 4) is 0 Å². The van der Waals surface area contributed by atoms with E-state index >= 15 is 0 Å². The molecular weight excluding hydrogens is 333 g/mol. The summed E-state index contributed by atoms with van der Waals surface area (Å²) in [4.78, 5) is 39.7. The molecule has 1 saturated heterocycles. The number of imidazole rings is 1. The molecule has 0 radical (unpaired) electrons. The first-order chi connectivity index (χ1) is 10.7. The van der Waals surface area contributed by atoms with E-state index in [2.05, 4.69) is 15.0 Å². The summed E-state index contributed by atoms with van der Waals surface area (Å²) >= 11 is 0. The average molecular weight is 347 g/mol. The third-order valence-corrected chi connectivity index (χ3v) is 4.32. The molecule has 0 saturated carbocycles. The summed E-state index contributed by atoms with van der Waals surface area (Å²) in [7, 11) is -4.46. The molecule has 3 heterocycles. The number of nitrogens with two attached hydrogens (primary N) is 1. The maximum Gasteiger partial charge on any atom is 0.328 e. The van der Waals surface area contributed by atoms with Gasteiger partial charge in [0.2, 0.25) is 5.95 Å². The van der Waals surface area contributed by atoms with Gasteiger partial charge in [-0.15, -0.1) is 0 Å². The minimum atomic E-state index is -4.46. The Bertz CT molecular complexity index is 844. The Balaban J connectivity index is 1.99. The van der Waals surface area contributed by atoms with E-state index in [4.69, 9.17) is 20.3 Å². The number of anilines is 1. The summed E-state index contributed by atoms with van der Waals surface area (Å²) in [5, 5.41) is 20.0. The molecule has 126 valence electrons. The second-order valence-electron chi connectivity index (χ2n) is 5.17. The Morgan fingerprint density at radius 3 is 2.74 bits per heavy atom. The van der Waals surface area contributed by atoms with Crippen LogP contribution in [0.4, 0.5) is 5.95 Å². The number of hydrogen-bond acceptors (Lipinski definition) is 8. The fraction of sp³-hybridized carbons (Fsp3) is 0.500. The minimum absolute atomic E-state index is 0.0133. The van der Waals surface area contributed by atoms with E-state index in [1.54, 1.807) is 0 Å². The van der Waals surface area contributed by atoms with E-state index in [-0.39, 0.29) is 17.1 Å². The van der Waals surface area contributed by atoms with E-state index in [0.29, 0.717) is 0 Å². The number of aliphatic hydroxyl groups is 2. The van der Waals surface area contributed by atoms with Gasteiger partial charge >= 0.3 is 7.60 Å². The van der Waals surface area contributed by atoms with Gasteiger partial charge in [0.25, 0.3) is 5.56 Å². The van der Waals surface area contributed by atoms with Crippen molar-refractivity contribution in [2.45, 2.75) is 24.5 Å². The van der Waals surface area contributed by atoms with Crippen molar-refractivity contribution < 1.29 is 29.3 Å². The van der Waals surface area contributed by atoms with Gasteiger partial charge in [-0.3, -0.25) is 18.9 Å². The molecule has 2 aromatic heterocycles. The zero-order valence-corrected chi connectivity index (χ0v) is 12.4. The first-order valence-electron chi connectivity index (χ1n) is 6.46. The zero-order valence-electron chi connectivity index (χ0n) is 11.5. The van der Waals surface area contributed by atoms with E-state index < -0.39 is 43.9 Å². The molecule has 0 amide bonds. The lowest BCUT2D eigenvalue weighted by Crippen LogP contribution is -2.33. The van der Waals surface area contributed by atoms with Crippen molar-refractivity contribution >= 4 is 24.7 Å². The second kappa shape index (κ2) is 5.37. The van der Waals surface area contributed by atoms with Crippen molar-refractivity contribution in [2.24, 2.45) is 0 Å². The molecule has 12 nitrogen and oxygen atoms in total. The fourth-order valence-corrected chi connectivity index (χ4v) is 3.24. The third kappa shape index (κ3) is 2.87. The third-order valence-electron chi connectivity index (χ3n) is 3.48. The van der Waals surface area contributed by atoms with Crippen molar-refractivity contribution in [3.63, 3.8) is 0 Å². The highest BCUT2D eigenvalue weighted by Gasteiger charge is 2.46. The highest BCUT2D eigenvalue weighted by atomic mass is 31.2. The second-order valence-corrected chi connectivity index (χ2v) is 6.86. The van der Waals surface area contributed by atoms with Gasteiger partial charge in [-0.1, -0.05) is 0 Å². The summed E-state index contributed by atoms with van der Waals surface area (Å²) in [6, 6.07) is 0. The molecule has 0 spiro atoms. The summed E-state index contributed by atoms with van der Waals surface area (Å²) in [5.41, 5.74) is 4.83. The molecule has 23 heavy (non-hydrogen) atoms. The number of H-pyrrole nitrogens is 1. The lowest BCUT2D eigenvalue weighted by Gasteiger charge is -2.16. The number of fused-ring (bicyclic) bond motifs is 1. The van der Waals surface area contributed by atoms with Gasteiger partial charge in [0, 0.05) is 0 Å². The van der Waals surface area contributed by atoms with Crippen LogP contribution in [0.1, 0.15) is 6.23 Å². The predicted molar refractivity (Wildman–Crippen MR) is 75.4 cm³/mol. The highest BCUT2D eigenvalue weighted by Crippen LogP contribution is 2.41. The fourth-order valence-electron chi connectivity index (χ4n) is 2.47. The number of rotatable bonds is 3. The van der Waals surface area contributed by atoms with Gasteiger partial charge in [-0.2, -0.15) is 4.98 Å². The van der Waals surface area contributed by atoms with Crippen LogP contribution >= 0.6 is 7.60 Å². The lowest BCUT2D eigenvalue weighted by atomic mass is 10.1. The molecule has 1 aliphatic heterocycles. The molecular formula is C10H14N5O7P. The molecule has 1 aliphatic rings. The summed E-state index contributed by atoms with van der Waals surface area (Å²) < 4.78 is 17.6. The summed E-state index contributed by atoms with van der Waals surface area (Å²) in [6.45, 7) is 0. The molecule has 0 bridgehead atoms. The van der Waals surface area contributed by atoms with Crippen molar-refractivity contribution in [2.75, 3.05) is 11.9 Å². The molecule has 0 aromatic carbocycles. The summed E-state index contributed by atoms with van der Waals surface area (Å²) in [6.07, 6.45) is -5.12. The monoisotopic (exact) mass is 347 g/mol. The Kier molecular flexibility index (Phi) is 3.75. The topological polar surface area (TPSA) is 197 Å². The van der Waals surface area contributed by atoms with Gasteiger partial charge in [-0.05, 0) is 0 Å². The molecule has 0 unspecified atom stereocenters. The maximum absolute atomic E-state index is 11.7. The first kappa shape index (κ1) is 16.1. The van der Waals surface area contributed by atoms with Crippen LogP contribution in [0, 0.1) is 0 Å². The van der Waals surface area contributed by atoms with Crippen LogP contribution in [0.25, 0.3) is 11.2 Å². The molecule has 0 aliphatic carbocycles. The normalized spacial score (nSPS) is 28.5. The number of nitrogens with zero attached hydrogens (tertiary/aromatic N) is 3. The van der Waals surface area contributed by atoms with Crippen LogP contribution < -0.4 is 11.3 Å². The summed E-state index contributed by atoms with van der Waals surface area (Å²) in [5.74, 6) is -0.177. The van der Waals surface area contributed by atoms with Crippen LogP contribution in [0.5, 0.6) is 0 Å². The number of aliphatic hydroxyl groups excluding tert-OH is 2. The quantitative estimate of drug-likeness (QED) is 0.323.